The summed E-state index contributed by atoms with van der Waals surface area (Å²) in [6.07, 6.45) is 1.13. The third-order valence-corrected chi connectivity index (χ3v) is 3.52. The molecule has 2 N–H and O–H groups in total. The molecular weight excluding hydrogens is 238 g/mol. The molecule has 0 aliphatic heterocycles. The number of halogens is 1. The van der Waals surface area contributed by atoms with E-state index < -0.39 is 12.9 Å². The molecule has 0 amide bonds. The zero-order chi connectivity index (χ0) is 12.8. The third-order valence-electron chi connectivity index (χ3n) is 2.48. The maximum Gasteiger partial charge on any atom is 0.488 e. The molecule has 1 aromatic carbocycles. The molecule has 1 rings (SSSR count). The van der Waals surface area contributed by atoms with Crippen LogP contribution in [0.1, 0.15) is 25.8 Å². The van der Waals surface area contributed by atoms with Gasteiger partial charge in [-0.25, -0.2) is 4.39 Å². The third kappa shape index (κ3) is 5.11. The van der Waals surface area contributed by atoms with Gasteiger partial charge in [0.15, 0.2) is 0 Å². The molecule has 0 heterocycles. The van der Waals surface area contributed by atoms with Crippen molar-refractivity contribution in [1.82, 2.24) is 0 Å². The predicted octanol–water partition coefficient (Wildman–Crippen LogP) is 1.78. The molecule has 0 unspecified atom stereocenters. The van der Waals surface area contributed by atoms with Gasteiger partial charge in [-0.05, 0) is 41.3 Å². The Hall–Kier alpha value is -0.515. The average molecular weight is 256 g/mol. The zero-order valence-electron chi connectivity index (χ0n) is 10.2. The Morgan fingerprint density at radius 3 is 2.65 bits per heavy atom. The summed E-state index contributed by atoms with van der Waals surface area (Å²) in [5, 5.41) is 18.3. The number of thioether (sulfide) groups is 1. The molecule has 17 heavy (non-hydrogen) atoms. The quantitative estimate of drug-likeness (QED) is 0.602. The molecular formula is C12H18BFO2S. The van der Waals surface area contributed by atoms with Gasteiger partial charge in [-0.3, -0.25) is 0 Å². The van der Waals surface area contributed by atoms with Gasteiger partial charge < -0.3 is 10.0 Å². The van der Waals surface area contributed by atoms with E-state index in [2.05, 4.69) is 13.8 Å². The van der Waals surface area contributed by atoms with Crippen LogP contribution in [-0.4, -0.2) is 22.9 Å². The lowest BCUT2D eigenvalue weighted by atomic mass is 9.77. The highest BCUT2D eigenvalue weighted by Gasteiger charge is 2.16. The van der Waals surface area contributed by atoms with E-state index in [9.17, 15) is 4.39 Å². The van der Waals surface area contributed by atoms with Crippen molar-refractivity contribution in [3.8, 4) is 0 Å². The molecule has 0 fully saturated rings. The van der Waals surface area contributed by atoms with Crippen LogP contribution in [0.3, 0.4) is 0 Å². The summed E-state index contributed by atoms with van der Waals surface area (Å²) in [6, 6.07) is 4.15. The van der Waals surface area contributed by atoms with Crippen molar-refractivity contribution in [2.24, 2.45) is 5.92 Å². The summed E-state index contributed by atoms with van der Waals surface area (Å²) in [7, 11) is -1.61. The minimum Gasteiger partial charge on any atom is -0.423 e. The zero-order valence-corrected chi connectivity index (χ0v) is 11.0. The molecule has 0 aromatic heterocycles. The van der Waals surface area contributed by atoms with Gasteiger partial charge in [0.05, 0.1) is 0 Å². The Balaban J connectivity index is 2.58. The first-order chi connectivity index (χ1) is 8.00. The molecule has 0 saturated heterocycles. The first-order valence-electron chi connectivity index (χ1n) is 5.73. The van der Waals surface area contributed by atoms with Gasteiger partial charge in [-0.2, -0.15) is 11.8 Å². The SMILES string of the molecule is CC(C)CCSCc1ccc(F)cc1B(O)O. The fourth-order valence-corrected chi connectivity index (χ4v) is 2.70. The molecule has 0 aliphatic carbocycles. The maximum atomic E-state index is 13.0. The summed E-state index contributed by atoms with van der Waals surface area (Å²) in [5.41, 5.74) is 1.05. The molecule has 94 valence electrons. The highest BCUT2D eigenvalue weighted by Crippen LogP contribution is 2.15. The van der Waals surface area contributed by atoms with Gasteiger partial charge in [-0.1, -0.05) is 19.9 Å². The molecule has 0 radical (unpaired) electrons. The molecule has 0 spiro atoms. The Bertz CT molecular complexity index is 358. The minimum absolute atomic E-state index is 0.266. The predicted molar refractivity (Wildman–Crippen MR) is 71.8 cm³/mol. The fourth-order valence-electron chi connectivity index (χ4n) is 1.44. The minimum atomic E-state index is -1.61. The highest BCUT2D eigenvalue weighted by molar-refractivity contribution is 7.98. The summed E-state index contributed by atoms with van der Waals surface area (Å²) in [5.74, 6) is 1.93. The summed E-state index contributed by atoms with van der Waals surface area (Å²) < 4.78 is 13.0. The largest absolute Gasteiger partial charge is 0.488 e. The number of benzene rings is 1. The Morgan fingerprint density at radius 2 is 2.06 bits per heavy atom. The van der Waals surface area contributed by atoms with E-state index in [4.69, 9.17) is 10.0 Å². The van der Waals surface area contributed by atoms with Crippen molar-refractivity contribution in [3.63, 3.8) is 0 Å². The van der Waals surface area contributed by atoms with E-state index >= 15 is 0 Å². The lowest BCUT2D eigenvalue weighted by Crippen LogP contribution is -2.33. The monoisotopic (exact) mass is 256 g/mol. The maximum absolute atomic E-state index is 13.0. The van der Waals surface area contributed by atoms with Crippen LogP contribution >= 0.6 is 11.8 Å². The van der Waals surface area contributed by atoms with Crippen molar-refractivity contribution in [2.75, 3.05) is 5.75 Å². The van der Waals surface area contributed by atoms with Crippen molar-refractivity contribution < 1.29 is 14.4 Å². The molecule has 2 nitrogen and oxygen atoms in total. The van der Waals surface area contributed by atoms with Crippen LogP contribution in [0, 0.1) is 11.7 Å². The summed E-state index contributed by atoms with van der Waals surface area (Å²) in [4.78, 5) is 0. The van der Waals surface area contributed by atoms with Gasteiger partial charge in [0.25, 0.3) is 0 Å². The topological polar surface area (TPSA) is 40.5 Å². The van der Waals surface area contributed by atoms with E-state index in [1.54, 1.807) is 17.8 Å². The Kier molecular flexibility index (Phi) is 6.02. The smallest absolute Gasteiger partial charge is 0.423 e. The first kappa shape index (κ1) is 14.5. The second kappa shape index (κ2) is 7.04. The molecule has 0 saturated carbocycles. The van der Waals surface area contributed by atoms with Crippen LogP contribution in [0.4, 0.5) is 4.39 Å². The molecule has 1 aromatic rings. The normalized spacial score (nSPS) is 10.9. The van der Waals surface area contributed by atoms with Crippen LogP contribution in [0.5, 0.6) is 0 Å². The molecule has 5 heteroatoms. The first-order valence-corrected chi connectivity index (χ1v) is 6.88. The van der Waals surface area contributed by atoms with Crippen LogP contribution < -0.4 is 5.46 Å². The fraction of sp³-hybridized carbons (Fsp3) is 0.500. The lowest BCUT2D eigenvalue weighted by Gasteiger charge is -2.09. The van der Waals surface area contributed by atoms with Crippen molar-refractivity contribution in [1.29, 1.82) is 0 Å². The van der Waals surface area contributed by atoms with Gasteiger partial charge in [0.2, 0.25) is 0 Å². The van der Waals surface area contributed by atoms with Crippen LogP contribution in [0.15, 0.2) is 18.2 Å². The van der Waals surface area contributed by atoms with Crippen LogP contribution in [0.25, 0.3) is 0 Å². The average Bonchev–Trinajstić information content (AvgIpc) is 2.25. The van der Waals surface area contributed by atoms with E-state index in [1.807, 2.05) is 0 Å². The molecule has 0 bridgehead atoms. The van der Waals surface area contributed by atoms with Crippen molar-refractivity contribution >= 4 is 24.3 Å². The summed E-state index contributed by atoms with van der Waals surface area (Å²) >= 11 is 1.73. The van der Waals surface area contributed by atoms with E-state index in [0.29, 0.717) is 11.7 Å². The van der Waals surface area contributed by atoms with Crippen LogP contribution in [-0.2, 0) is 5.75 Å². The van der Waals surface area contributed by atoms with E-state index in [-0.39, 0.29) is 5.46 Å². The number of hydrogen-bond acceptors (Lipinski definition) is 3. The lowest BCUT2D eigenvalue weighted by molar-refractivity contribution is 0.425. The van der Waals surface area contributed by atoms with Gasteiger partial charge in [0, 0.05) is 5.75 Å². The van der Waals surface area contributed by atoms with Gasteiger partial charge in [-0.15, -0.1) is 0 Å². The Morgan fingerprint density at radius 1 is 1.35 bits per heavy atom. The van der Waals surface area contributed by atoms with Crippen molar-refractivity contribution in [2.45, 2.75) is 26.0 Å². The van der Waals surface area contributed by atoms with Gasteiger partial charge >= 0.3 is 7.12 Å². The molecule has 0 atom stereocenters. The number of rotatable bonds is 6. The standard InChI is InChI=1S/C12H18BFO2S/c1-9(2)5-6-17-8-10-3-4-11(14)7-12(10)13(15)16/h3-4,7,9,15-16H,5-6,8H2,1-2H3. The molecule has 0 aliphatic rings. The second-order valence-electron chi connectivity index (χ2n) is 4.45. The second-order valence-corrected chi connectivity index (χ2v) is 5.56. The van der Waals surface area contributed by atoms with Gasteiger partial charge in [0.1, 0.15) is 5.82 Å². The highest BCUT2D eigenvalue weighted by atomic mass is 32.2. The van der Waals surface area contributed by atoms with E-state index in [0.717, 1.165) is 17.7 Å². The van der Waals surface area contributed by atoms with E-state index in [1.165, 1.54) is 12.1 Å². The Labute approximate surface area is 106 Å². The van der Waals surface area contributed by atoms with Crippen LogP contribution in [0.2, 0.25) is 0 Å². The van der Waals surface area contributed by atoms with Crippen molar-refractivity contribution in [3.05, 3.63) is 29.6 Å². The summed E-state index contributed by atoms with van der Waals surface area (Å²) in [6.45, 7) is 4.34. The number of hydrogen-bond donors (Lipinski definition) is 2.